The highest BCUT2D eigenvalue weighted by atomic mass is 31.2. The molecular weight excluding hydrogens is 499 g/mol. The molecule has 16 heteroatoms. The van der Waals surface area contributed by atoms with Crippen molar-refractivity contribution in [3.8, 4) is 0 Å². The van der Waals surface area contributed by atoms with Crippen LogP contribution in [-0.2, 0) is 13.8 Å². The minimum Gasteiger partial charge on any atom is -0.389 e. The van der Waals surface area contributed by atoms with Gasteiger partial charge in [-0.25, -0.2) is 14.0 Å². The summed E-state index contributed by atoms with van der Waals surface area (Å²) in [6.45, 7) is 7.01. The molecule has 0 bridgehead atoms. The number of hydrogen-bond acceptors (Lipinski definition) is 10. The number of nitrogens with one attached hydrogen (secondary N) is 1. The highest BCUT2D eigenvalue weighted by Gasteiger charge is 2.49. The molecule has 0 spiro atoms. The third-order valence-corrected chi connectivity index (χ3v) is 7.25. The summed E-state index contributed by atoms with van der Waals surface area (Å²) in [5, 5.41) is 31.4. The number of hydrogen-bond donors (Lipinski definition) is 5. The van der Waals surface area contributed by atoms with Crippen LogP contribution < -0.4 is 11.2 Å². The Hall–Kier alpha value is -2.23. The first-order chi connectivity index (χ1) is 16.6. The van der Waals surface area contributed by atoms with Gasteiger partial charge in [-0.05, 0) is 40.5 Å². The van der Waals surface area contributed by atoms with Gasteiger partial charge in [0.05, 0.1) is 30.4 Å². The predicted molar refractivity (Wildman–Crippen MR) is 122 cm³/mol. The Kier molecular flexibility index (Phi) is 6.90. The predicted octanol–water partition coefficient (Wildman–Crippen LogP) is -0.137. The van der Waals surface area contributed by atoms with Crippen LogP contribution in [0.1, 0.15) is 64.4 Å². The van der Waals surface area contributed by atoms with E-state index in [1.807, 2.05) is 27.7 Å². The molecule has 15 nitrogen and oxygen atoms in total. The van der Waals surface area contributed by atoms with Crippen molar-refractivity contribution in [3.63, 3.8) is 0 Å². The lowest BCUT2D eigenvalue weighted by atomic mass is 9.79. The highest BCUT2D eigenvalue weighted by molar-refractivity contribution is 7.46. The first-order valence-corrected chi connectivity index (χ1v) is 12.9. The van der Waals surface area contributed by atoms with Crippen LogP contribution in [0.15, 0.2) is 28.0 Å². The average Bonchev–Trinajstić information content (AvgIpc) is 3.34. The Morgan fingerprint density at radius 1 is 1.22 bits per heavy atom. The fourth-order valence-corrected chi connectivity index (χ4v) is 5.61. The molecule has 0 radical (unpaired) electrons. The van der Waals surface area contributed by atoms with Crippen molar-refractivity contribution in [2.45, 2.75) is 82.0 Å². The first-order valence-electron chi connectivity index (χ1n) is 11.4. The van der Waals surface area contributed by atoms with Crippen LogP contribution in [0.5, 0.6) is 0 Å². The lowest BCUT2D eigenvalue weighted by Crippen LogP contribution is -2.59. The lowest BCUT2D eigenvalue weighted by Gasteiger charge is -2.51. The number of ether oxygens (including phenoxy) is 1. The minimum absolute atomic E-state index is 0.137. The number of nitrogens with zero attached hydrogens (tertiary/aromatic N) is 5. The van der Waals surface area contributed by atoms with E-state index in [0.717, 1.165) is 10.6 Å². The van der Waals surface area contributed by atoms with Gasteiger partial charge < -0.3 is 24.8 Å². The minimum atomic E-state index is -4.85. The molecule has 2 aliphatic rings. The van der Waals surface area contributed by atoms with Crippen LogP contribution in [0.4, 0.5) is 0 Å². The van der Waals surface area contributed by atoms with Crippen LogP contribution in [0.3, 0.4) is 0 Å². The van der Waals surface area contributed by atoms with Crippen molar-refractivity contribution >= 4 is 7.82 Å². The van der Waals surface area contributed by atoms with Crippen molar-refractivity contribution in [2.24, 2.45) is 0 Å². The van der Waals surface area contributed by atoms with E-state index >= 15 is 0 Å². The van der Waals surface area contributed by atoms with Crippen LogP contribution in [0, 0.1) is 0 Å². The molecular formula is C20H31N6O9P. The Bertz CT molecular complexity index is 1250. The van der Waals surface area contributed by atoms with Crippen molar-refractivity contribution < 1.29 is 33.9 Å². The fourth-order valence-electron chi connectivity index (χ4n) is 5.27. The van der Waals surface area contributed by atoms with Gasteiger partial charge in [-0.3, -0.25) is 18.9 Å². The van der Waals surface area contributed by atoms with Gasteiger partial charge in [0.25, 0.3) is 5.56 Å². The van der Waals surface area contributed by atoms with Crippen LogP contribution >= 0.6 is 7.82 Å². The number of aliphatic hydroxyl groups is 1. The number of piperidine rings is 1. The molecule has 2 fully saturated rings. The fraction of sp³-hybridized carbons (Fsp3) is 0.700. The number of hydroxylamine groups is 2. The largest absolute Gasteiger partial charge is 0.469 e. The zero-order chi connectivity index (χ0) is 26.6. The Morgan fingerprint density at radius 3 is 2.44 bits per heavy atom. The summed E-state index contributed by atoms with van der Waals surface area (Å²) >= 11 is 0. The van der Waals surface area contributed by atoms with E-state index in [1.54, 1.807) is 10.9 Å². The molecule has 2 aliphatic heterocycles. The maximum Gasteiger partial charge on any atom is 0.469 e. The third kappa shape index (κ3) is 5.24. The molecule has 4 rings (SSSR count). The van der Waals surface area contributed by atoms with Crippen LogP contribution in [0.25, 0.3) is 0 Å². The summed E-state index contributed by atoms with van der Waals surface area (Å²) in [5.41, 5.74) is -2.26. The maximum absolute atomic E-state index is 12.5. The zero-order valence-electron chi connectivity index (χ0n) is 20.3. The maximum atomic E-state index is 12.5. The van der Waals surface area contributed by atoms with Crippen molar-refractivity contribution in [1.29, 1.82) is 0 Å². The van der Waals surface area contributed by atoms with Gasteiger partial charge >= 0.3 is 13.5 Å². The summed E-state index contributed by atoms with van der Waals surface area (Å²) in [6, 6.07) is 0.972. The summed E-state index contributed by atoms with van der Waals surface area (Å²) in [7, 11) is -4.85. The molecule has 4 heterocycles. The summed E-state index contributed by atoms with van der Waals surface area (Å²) in [5.74, 6) is -0.980. The monoisotopic (exact) mass is 530 g/mol. The van der Waals surface area contributed by atoms with Crippen molar-refractivity contribution in [1.82, 2.24) is 29.6 Å². The second kappa shape index (κ2) is 9.26. The Labute approximate surface area is 205 Å². The summed E-state index contributed by atoms with van der Waals surface area (Å²) in [4.78, 5) is 44.3. The molecule has 0 aliphatic carbocycles. The Balaban J connectivity index is 1.67. The van der Waals surface area contributed by atoms with Crippen LogP contribution in [0.2, 0.25) is 0 Å². The number of phosphoric ester groups is 1. The lowest BCUT2D eigenvalue weighted by molar-refractivity contribution is -0.249. The van der Waals surface area contributed by atoms with Gasteiger partial charge in [-0.15, -0.1) is 5.10 Å². The second-order valence-electron chi connectivity index (χ2n) is 10.5. The number of phosphoric acid groups is 1. The summed E-state index contributed by atoms with van der Waals surface area (Å²) < 4.78 is 24.2. The molecule has 0 aromatic carbocycles. The van der Waals surface area contributed by atoms with Gasteiger partial charge in [-0.1, -0.05) is 5.21 Å². The highest BCUT2D eigenvalue weighted by Crippen LogP contribution is 2.45. The van der Waals surface area contributed by atoms with Gasteiger partial charge in [0.15, 0.2) is 0 Å². The SMILES string of the molecule is CC1(C)CC(n2cc([C@@H]3[C@H](O)[C@@H](COP(=O)(O)O)O[C@H]3n3ccc(=O)[nH]c3=O)nn2)CC(C)(C)N1O. The molecule has 5 N–H and O–H groups in total. The smallest absolute Gasteiger partial charge is 0.389 e. The molecule has 0 unspecified atom stereocenters. The molecule has 2 saturated heterocycles. The van der Waals surface area contributed by atoms with E-state index in [4.69, 9.17) is 14.5 Å². The number of H-pyrrole nitrogens is 1. The first kappa shape index (κ1) is 26.8. The van der Waals surface area contributed by atoms with Gasteiger partial charge in [-0.2, -0.15) is 5.06 Å². The van der Waals surface area contributed by atoms with Gasteiger partial charge in [0.1, 0.15) is 12.3 Å². The van der Waals surface area contributed by atoms with E-state index in [0.29, 0.717) is 12.8 Å². The third-order valence-electron chi connectivity index (χ3n) is 6.76. The van der Waals surface area contributed by atoms with Gasteiger partial charge in [0, 0.05) is 29.5 Å². The molecule has 4 atom stereocenters. The van der Waals surface area contributed by atoms with E-state index in [2.05, 4.69) is 19.8 Å². The normalized spacial score (nSPS) is 29.0. The van der Waals surface area contributed by atoms with E-state index in [-0.39, 0.29) is 11.7 Å². The molecule has 36 heavy (non-hydrogen) atoms. The zero-order valence-corrected chi connectivity index (χ0v) is 21.1. The molecule has 200 valence electrons. The van der Waals surface area contributed by atoms with Crippen LogP contribution in [-0.4, -0.2) is 79.6 Å². The molecule has 0 amide bonds. The Morgan fingerprint density at radius 2 is 1.86 bits per heavy atom. The molecule has 2 aromatic rings. The standard InChI is InChI=1S/C20H31N6O9P/c1-19(2)7-11(8-20(3,4)26(19)30)25-9-12(22-23-25)15-16(28)13(10-34-36(31,32)33)35-17(15)24-6-5-14(27)21-18(24)29/h5-6,9,11,13,15-17,28,30H,7-8,10H2,1-4H3,(H,21,27,29)(H2,31,32,33)/t13-,15-,16-,17-/m1/s1. The number of aromatic nitrogens is 5. The van der Waals surface area contributed by atoms with E-state index in [1.165, 1.54) is 11.3 Å². The summed E-state index contributed by atoms with van der Waals surface area (Å²) in [6.07, 6.45) is 0.167. The topological polar surface area (TPSA) is 205 Å². The van der Waals surface area contributed by atoms with Crippen molar-refractivity contribution in [2.75, 3.05) is 6.61 Å². The quantitative estimate of drug-likeness (QED) is 0.310. The number of aliphatic hydroxyl groups excluding tert-OH is 1. The molecule has 2 aromatic heterocycles. The number of rotatable bonds is 6. The average molecular weight is 530 g/mol. The van der Waals surface area contributed by atoms with Gasteiger partial charge in [0.2, 0.25) is 0 Å². The second-order valence-corrected chi connectivity index (χ2v) is 11.7. The van der Waals surface area contributed by atoms with E-state index in [9.17, 15) is 24.5 Å². The van der Waals surface area contributed by atoms with Crippen molar-refractivity contribution in [3.05, 3.63) is 45.0 Å². The number of aromatic amines is 1. The molecule has 0 saturated carbocycles. The van der Waals surface area contributed by atoms with E-state index < -0.39 is 61.1 Å².